The SMILES string of the molecule is Cc1cc(=O)c(CO)cn1-c1c(F)cccc1F. The lowest BCUT2D eigenvalue weighted by molar-refractivity contribution is 0.280. The predicted molar refractivity (Wildman–Crippen MR) is 62.6 cm³/mol. The van der Waals surface area contributed by atoms with Gasteiger partial charge in [0.2, 0.25) is 0 Å². The van der Waals surface area contributed by atoms with Crippen molar-refractivity contribution in [3.05, 3.63) is 63.6 Å². The van der Waals surface area contributed by atoms with Crippen molar-refractivity contribution in [3.63, 3.8) is 0 Å². The van der Waals surface area contributed by atoms with Crippen LogP contribution in [0.3, 0.4) is 0 Å². The van der Waals surface area contributed by atoms with Crippen LogP contribution in [-0.4, -0.2) is 9.67 Å². The molecule has 2 rings (SSSR count). The van der Waals surface area contributed by atoms with E-state index in [0.717, 1.165) is 12.1 Å². The fourth-order valence-electron chi connectivity index (χ4n) is 1.75. The highest BCUT2D eigenvalue weighted by molar-refractivity contribution is 5.38. The Kier molecular flexibility index (Phi) is 3.25. The average molecular weight is 251 g/mol. The molecule has 2 aromatic rings. The van der Waals surface area contributed by atoms with Gasteiger partial charge in [-0.1, -0.05) is 6.07 Å². The molecule has 0 saturated carbocycles. The number of nitrogens with zero attached hydrogens (tertiary/aromatic N) is 1. The van der Waals surface area contributed by atoms with Crippen LogP contribution in [0.15, 0.2) is 35.3 Å². The normalized spacial score (nSPS) is 10.7. The van der Waals surface area contributed by atoms with Crippen LogP contribution in [0.5, 0.6) is 0 Å². The number of hydrogen-bond acceptors (Lipinski definition) is 2. The fraction of sp³-hybridized carbons (Fsp3) is 0.154. The van der Waals surface area contributed by atoms with Crippen LogP contribution < -0.4 is 5.43 Å². The van der Waals surface area contributed by atoms with Crippen LogP contribution >= 0.6 is 0 Å². The fourth-order valence-corrected chi connectivity index (χ4v) is 1.75. The molecule has 3 nitrogen and oxygen atoms in total. The van der Waals surface area contributed by atoms with E-state index in [1.165, 1.54) is 22.9 Å². The van der Waals surface area contributed by atoms with E-state index in [-0.39, 0.29) is 16.7 Å². The van der Waals surface area contributed by atoms with Crippen molar-refractivity contribution >= 4 is 0 Å². The lowest BCUT2D eigenvalue weighted by Crippen LogP contribution is -2.15. The van der Waals surface area contributed by atoms with E-state index in [4.69, 9.17) is 5.11 Å². The standard InChI is InChI=1S/C13H11F2NO2/c1-8-5-12(18)9(7-17)6-16(8)13-10(14)3-2-4-11(13)15/h2-6,17H,7H2,1H3. The summed E-state index contributed by atoms with van der Waals surface area (Å²) in [4.78, 5) is 11.5. The van der Waals surface area contributed by atoms with Gasteiger partial charge in [-0.3, -0.25) is 4.79 Å². The molecule has 0 spiro atoms. The van der Waals surface area contributed by atoms with Gasteiger partial charge in [0.1, 0.15) is 17.3 Å². The number of rotatable bonds is 2. The first-order valence-electron chi connectivity index (χ1n) is 5.32. The molecule has 0 unspecified atom stereocenters. The zero-order valence-corrected chi connectivity index (χ0v) is 9.65. The Bertz CT molecular complexity index is 630. The van der Waals surface area contributed by atoms with Gasteiger partial charge in [0.25, 0.3) is 0 Å². The number of benzene rings is 1. The molecule has 1 heterocycles. The Balaban J connectivity index is 2.75. The van der Waals surface area contributed by atoms with Crippen LogP contribution in [0.25, 0.3) is 5.69 Å². The highest BCUT2D eigenvalue weighted by Crippen LogP contribution is 2.19. The van der Waals surface area contributed by atoms with E-state index in [1.807, 2.05) is 0 Å². The number of aromatic nitrogens is 1. The van der Waals surface area contributed by atoms with Crippen LogP contribution in [0.2, 0.25) is 0 Å². The Morgan fingerprint density at radius 3 is 2.44 bits per heavy atom. The highest BCUT2D eigenvalue weighted by Gasteiger charge is 2.13. The minimum absolute atomic E-state index is 0.0863. The van der Waals surface area contributed by atoms with Crippen molar-refractivity contribution in [1.29, 1.82) is 0 Å². The zero-order chi connectivity index (χ0) is 13.3. The first-order chi connectivity index (χ1) is 8.54. The number of para-hydroxylation sites is 1. The third-order valence-corrected chi connectivity index (χ3v) is 2.67. The molecule has 5 heteroatoms. The Morgan fingerprint density at radius 1 is 1.28 bits per heavy atom. The smallest absolute Gasteiger partial charge is 0.187 e. The summed E-state index contributed by atoms with van der Waals surface area (Å²) in [6, 6.07) is 4.76. The monoisotopic (exact) mass is 251 g/mol. The van der Waals surface area contributed by atoms with E-state index < -0.39 is 18.2 Å². The Morgan fingerprint density at radius 2 is 1.89 bits per heavy atom. The van der Waals surface area contributed by atoms with Crippen LogP contribution in [0.1, 0.15) is 11.3 Å². The summed E-state index contributed by atoms with van der Waals surface area (Å²) in [6.07, 6.45) is 1.25. The maximum atomic E-state index is 13.7. The summed E-state index contributed by atoms with van der Waals surface area (Å²) in [5.41, 5.74) is -0.142. The lowest BCUT2D eigenvalue weighted by Gasteiger charge is -2.13. The Labute approximate surface area is 102 Å². The van der Waals surface area contributed by atoms with E-state index >= 15 is 0 Å². The number of pyridine rings is 1. The molecular formula is C13H11F2NO2. The summed E-state index contributed by atoms with van der Waals surface area (Å²) in [7, 11) is 0. The molecule has 0 aliphatic heterocycles. The molecular weight excluding hydrogens is 240 g/mol. The first kappa shape index (κ1) is 12.4. The second kappa shape index (κ2) is 4.70. The number of aliphatic hydroxyl groups excluding tert-OH is 1. The summed E-state index contributed by atoms with van der Waals surface area (Å²) >= 11 is 0. The molecule has 0 aliphatic carbocycles. The summed E-state index contributed by atoms with van der Waals surface area (Å²) in [5, 5.41) is 9.02. The van der Waals surface area contributed by atoms with Crippen molar-refractivity contribution in [2.24, 2.45) is 0 Å². The highest BCUT2D eigenvalue weighted by atomic mass is 19.1. The second-order valence-corrected chi connectivity index (χ2v) is 3.90. The van der Waals surface area contributed by atoms with E-state index in [1.54, 1.807) is 6.92 Å². The quantitative estimate of drug-likeness (QED) is 0.886. The number of hydrogen-bond donors (Lipinski definition) is 1. The van der Waals surface area contributed by atoms with E-state index in [2.05, 4.69) is 0 Å². The second-order valence-electron chi connectivity index (χ2n) is 3.90. The van der Waals surface area contributed by atoms with Gasteiger partial charge in [0, 0.05) is 23.5 Å². The number of halogens is 2. The van der Waals surface area contributed by atoms with Gasteiger partial charge in [-0.05, 0) is 19.1 Å². The van der Waals surface area contributed by atoms with Crippen molar-refractivity contribution in [2.75, 3.05) is 0 Å². The first-order valence-corrected chi connectivity index (χ1v) is 5.32. The molecule has 1 aromatic carbocycles. The van der Waals surface area contributed by atoms with Gasteiger partial charge in [-0.2, -0.15) is 0 Å². The third kappa shape index (κ3) is 2.04. The molecule has 1 aromatic heterocycles. The predicted octanol–water partition coefficient (Wildman–Crippen LogP) is 1.92. The molecule has 18 heavy (non-hydrogen) atoms. The molecule has 0 fully saturated rings. The summed E-state index contributed by atoms with van der Waals surface area (Å²) in [5.74, 6) is -1.46. The molecule has 0 atom stereocenters. The van der Waals surface area contributed by atoms with Gasteiger partial charge in [-0.25, -0.2) is 8.78 Å². The molecule has 0 aliphatic rings. The summed E-state index contributed by atoms with van der Waals surface area (Å²) < 4.78 is 28.5. The third-order valence-electron chi connectivity index (χ3n) is 2.67. The van der Waals surface area contributed by atoms with Gasteiger partial charge in [0.15, 0.2) is 5.43 Å². The van der Waals surface area contributed by atoms with E-state index in [0.29, 0.717) is 5.69 Å². The maximum absolute atomic E-state index is 13.7. The van der Waals surface area contributed by atoms with Crippen molar-refractivity contribution in [1.82, 2.24) is 4.57 Å². The lowest BCUT2D eigenvalue weighted by atomic mass is 10.2. The molecule has 0 radical (unpaired) electrons. The largest absolute Gasteiger partial charge is 0.391 e. The summed E-state index contributed by atoms with van der Waals surface area (Å²) in [6.45, 7) is 1.09. The van der Waals surface area contributed by atoms with Gasteiger partial charge < -0.3 is 9.67 Å². The van der Waals surface area contributed by atoms with Crippen LogP contribution in [0, 0.1) is 18.6 Å². The molecule has 0 amide bonds. The van der Waals surface area contributed by atoms with Crippen LogP contribution in [-0.2, 0) is 6.61 Å². The number of aryl methyl sites for hydroxylation is 1. The molecule has 1 N–H and O–H groups in total. The minimum Gasteiger partial charge on any atom is -0.391 e. The molecule has 0 bridgehead atoms. The maximum Gasteiger partial charge on any atom is 0.187 e. The van der Waals surface area contributed by atoms with Crippen molar-refractivity contribution in [3.8, 4) is 5.69 Å². The Hall–Kier alpha value is -2.01. The average Bonchev–Trinajstić information content (AvgIpc) is 2.31. The van der Waals surface area contributed by atoms with E-state index in [9.17, 15) is 13.6 Å². The number of aliphatic hydroxyl groups is 1. The molecule has 0 saturated heterocycles. The van der Waals surface area contributed by atoms with Crippen molar-refractivity contribution < 1.29 is 13.9 Å². The molecule has 94 valence electrons. The minimum atomic E-state index is -0.731. The topological polar surface area (TPSA) is 42.2 Å². The van der Waals surface area contributed by atoms with Crippen molar-refractivity contribution in [2.45, 2.75) is 13.5 Å². The van der Waals surface area contributed by atoms with Gasteiger partial charge in [-0.15, -0.1) is 0 Å². The van der Waals surface area contributed by atoms with Gasteiger partial charge >= 0.3 is 0 Å². The van der Waals surface area contributed by atoms with Gasteiger partial charge in [0.05, 0.1) is 6.61 Å². The zero-order valence-electron chi connectivity index (χ0n) is 9.65. The van der Waals surface area contributed by atoms with Crippen LogP contribution in [0.4, 0.5) is 8.78 Å².